The number of hydrogen-bond acceptors (Lipinski definition) is 3. The fourth-order valence-corrected chi connectivity index (χ4v) is 2.10. The lowest BCUT2D eigenvalue weighted by molar-refractivity contribution is 0.0821. The van der Waals surface area contributed by atoms with Gasteiger partial charge in [-0.2, -0.15) is 0 Å². The monoisotopic (exact) mass is 220 g/mol. The number of hydrogen-bond donors (Lipinski definition) is 2. The minimum absolute atomic E-state index is 0.350. The molecule has 1 aliphatic heterocycles. The van der Waals surface area contributed by atoms with Crippen LogP contribution in [0.3, 0.4) is 0 Å². The van der Waals surface area contributed by atoms with Gasteiger partial charge in [0.15, 0.2) is 0 Å². The average Bonchev–Trinajstić information content (AvgIpc) is 2.35. The molecule has 3 heteroatoms. The van der Waals surface area contributed by atoms with E-state index in [4.69, 9.17) is 10.5 Å². The van der Waals surface area contributed by atoms with Crippen LogP contribution in [0.25, 0.3) is 0 Å². The molecule has 0 bridgehead atoms. The number of nitrogens with two attached hydrogens (primary N) is 1. The fraction of sp³-hybridized carbons (Fsp3) is 0.538. The molecule has 1 aliphatic rings. The van der Waals surface area contributed by atoms with Crippen LogP contribution >= 0.6 is 0 Å². The van der Waals surface area contributed by atoms with Crippen molar-refractivity contribution in [3.05, 3.63) is 35.4 Å². The van der Waals surface area contributed by atoms with Gasteiger partial charge in [0.25, 0.3) is 0 Å². The molecule has 0 amide bonds. The molecule has 88 valence electrons. The highest BCUT2D eigenvalue weighted by molar-refractivity contribution is 5.30. The summed E-state index contributed by atoms with van der Waals surface area (Å²) in [5.74, 6) is 0. The van der Waals surface area contributed by atoms with E-state index in [0.29, 0.717) is 6.04 Å². The lowest BCUT2D eigenvalue weighted by atomic mass is 9.99. The molecule has 16 heavy (non-hydrogen) atoms. The second-order valence-electron chi connectivity index (χ2n) is 4.22. The summed E-state index contributed by atoms with van der Waals surface area (Å²) in [4.78, 5) is 0. The molecule has 0 spiro atoms. The summed E-state index contributed by atoms with van der Waals surface area (Å²) < 4.78 is 5.58. The lowest BCUT2D eigenvalue weighted by Gasteiger charge is -2.26. The second kappa shape index (κ2) is 5.99. The Balaban J connectivity index is 1.91. The minimum atomic E-state index is 0.350. The number of ether oxygens (including phenoxy) is 1. The Hall–Kier alpha value is -0.900. The van der Waals surface area contributed by atoms with Crippen molar-refractivity contribution in [2.75, 3.05) is 19.7 Å². The van der Waals surface area contributed by atoms with Crippen LogP contribution in [0.15, 0.2) is 24.3 Å². The molecule has 1 heterocycles. The molecule has 1 unspecified atom stereocenters. The Kier molecular flexibility index (Phi) is 4.34. The van der Waals surface area contributed by atoms with Gasteiger partial charge in [-0.1, -0.05) is 24.3 Å². The summed E-state index contributed by atoms with van der Waals surface area (Å²) >= 11 is 0. The smallest absolute Gasteiger partial charge is 0.0721 e. The van der Waals surface area contributed by atoms with E-state index in [9.17, 15) is 0 Å². The van der Waals surface area contributed by atoms with Crippen molar-refractivity contribution < 1.29 is 4.74 Å². The molecular weight excluding hydrogens is 200 g/mol. The van der Waals surface area contributed by atoms with Crippen molar-refractivity contribution in [3.63, 3.8) is 0 Å². The maximum Gasteiger partial charge on any atom is 0.0721 e. The summed E-state index contributed by atoms with van der Waals surface area (Å²) in [5.41, 5.74) is 8.17. The number of unbranched alkanes of at least 4 members (excludes halogenated alkanes) is 1. The molecule has 1 aromatic rings. The highest BCUT2D eigenvalue weighted by atomic mass is 16.5. The molecule has 0 saturated carbocycles. The van der Waals surface area contributed by atoms with Gasteiger partial charge >= 0.3 is 0 Å². The van der Waals surface area contributed by atoms with Crippen molar-refractivity contribution in [2.45, 2.75) is 25.5 Å². The Bertz CT molecular complexity index is 327. The highest BCUT2D eigenvalue weighted by Gasteiger charge is 2.18. The van der Waals surface area contributed by atoms with E-state index in [1.807, 2.05) is 0 Å². The van der Waals surface area contributed by atoms with E-state index in [1.54, 1.807) is 0 Å². The van der Waals surface area contributed by atoms with Crippen molar-refractivity contribution in [1.82, 2.24) is 5.32 Å². The first-order valence-corrected chi connectivity index (χ1v) is 6.01. The summed E-state index contributed by atoms with van der Waals surface area (Å²) in [6.07, 6.45) is 2.22. The van der Waals surface area contributed by atoms with Gasteiger partial charge in [0.2, 0.25) is 0 Å². The Morgan fingerprint density at radius 3 is 3.06 bits per heavy atom. The standard InChI is InChI=1S/C13H20N2O/c14-7-3-4-8-15-13-10-16-9-11-5-1-2-6-12(11)13/h1-2,5-6,13,15H,3-4,7-10,14H2. The van der Waals surface area contributed by atoms with Crippen LogP contribution in [0.1, 0.15) is 30.0 Å². The zero-order chi connectivity index (χ0) is 11.2. The third-order valence-corrected chi connectivity index (χ3v) is 2.99. The maximum absolute atomic E-state index is 5.58. The number of fused-ring (bicyclic) bond motifs is 1. The maximum atomic E-state index is 5.58. The van der Waals surface area contributed by atoms with Crippen molar-refractivity contribution >= 4 is 0 Å². The highest BCUT2D eigenvalue weighted by Crippen LogP contribution is 2.24. The number of benzene rings is 1. The summed E-state index contributed by atoms with van der Waals surface area (Å²) in [6.45, 7) is 3.32. The van der Waals surface area contributed by atoms with Crippen LogP contribution in [-0.2, 0) is 11.3 Å². The fourth-order valence-electron chi connectivity index (χ4n) is 2.10. The van der Waals surface area contributed by atoms with Crippen molar-refractivity contribution in [2.24, 2.45) is 5.73 Å². The van der Waals surface area contributed by atoms with Crippen LogP contribution in [-0.4, -0.2) is 19.7 Å². The molecular formula is C13H20N2O. The lowest BCUT2D eigenvalue weighted by Crippen LogP contribution is -2.30. The van der Waals surface area contributed by atoms with E-state index in [-0.39, 0.29) is 0 Å². The van der Waals surface area contributed by atoms with Crippen LogP contribution in [0.5, 0.6) is 0 Å². The van der Waals surface area contributed by atoms with E-state index >= 15 is 0 Å². The SMILES string of the molecule is NCCCCNC1COCc2ccccc21. The van der Waals surface area contributed by atoms with E-state index in [1.165, 1.54) is 11.1 Å². The first kappa shape index (κ1) is 11.6. The predicted molar refractivity (Wildman–Crippen MR) is 65.1 cm³/mol. The Morgan fingerprint density at radius 1 is 1.31 bits per heavy atom. The molecule has 0 saturated heterocycles. The van der Waals surface area contributed by atoms with Crippen LogP contribution in [0.4, 0.5) is 0 Å². The quantitative estimate of drug-likeness (QED) is 0.741. The molecule has 0 fully saturated rings. The van der Waals surface area contributed by atoms with Gasteiger partial charge in [-0.3, -0.25) is 0 Å². The first-order valence-electron chi connectivity index (χ1n) is 6.01. The average molecular weight is 220 g/mol. The summed E-state index contributed by atoms with van der Waals surface area (Å²) in [7, 11) is 0. The van der Waals surface area contributed by atoms with Gasteiger partial charge in [0.1, 0.15) is 0 Å². The van der Waals surface area contributed by atoms with Crippen LogP contribution in [0, 0.1) is 0 Å². The van der Waals surface area contributed by atoms with Crippen molar-refractivity contribution in [1.29, 1.82) is 0 Å². The minimum Gasteiger partial charge on any atom is -0.375 e. The number of nitrogens with one attached hydrogen (secondary N) is 1. The molecule has 1 atom stereocenters. The zero-order valence-electron chi connectivity index (χ0n) is 9.61. The topological polar surface area (TPSA) is 47.3 Å². The molecule has 0 aromatic heterocycles. The van der Waals surface area contributed by atoms with Gasteiger partial charge in [0.05, 0.1) is 19.3 Å². The molecule has 0 radical (unpaired) electrons. The van der Waals surface area contributed by atoms with Gasteiger partial charge < -0.3 is 15.8 Å². The molecule has 1 aromatic carbocycles. The van der Waals surface area contributed by atoms with E-state index < -0.39 is 0 Å². The second-order valence-corrected chi connectivity index (χ2v) is 4.22. The zero-order valence-corrected chi connectivity index (χ0v) is 9.61. The Labute approximate surface area is 97.0 Å². The number of rotatable bonds is 5. The van der Waals surface area contributed by atoms with Gasteiger partial charge in [-0.15, -0.1) is 0 Å². The van der Waals surface area contributed by atoms with Crippen LogP contribution in [0.2, 0.25) is 0 Å². The third-order valence-electron chi connectivity index (χ3n) is 2.99. The summed E-state index contributed by atoms with van der Waals surface area (Å²) in [5, 5.41) is 3.53. The van der Waals surface area contributed by atoms with Crippen molar-refractivity contribution in [3.8, 4) is 0 Å². The van der Waals surface area contributed by atoms with E-state index in [2.05, 4.69) is 29.6 Å². The normalized spacial score (nSPS) is 19.4. The first-order chi connectivity index (χ1) is 7.92. The van der Waals surface area contributed by atoms with E-state index in [0.717, 1.165) is 39.1 Å². The molecule has 3 N–H and O–H groups in total. The molecule has 3 nitrogen and oxygen atoms in total. The predicted octanol–water partition coefficient (Wildman–Crippen LogP) is 1.59. The van der Waals surface area contributed by atoms with Gasteiger partial charge in [-0.05, 0) is 37.1 Å². The van der Waals surface area contributed by atoms with Crippen LogP contribution < -0.4 is 11.1 Å². The summed E-state index contributed by atoms with van der Waals surface area (Å²) in [6, 6.07) is 8.85. The third kappa shape index (κ3) is 2.82. The van der Waals surface area contributed by atoms with Gasteiger partial charge in [-0.25, -0.2) is 0 Å². The molecule has 2 rings (SSSR count). The molecule has 0 aliphatic carbocycles. The Morgan fingerprint density at radius 2 is 2.19 bits per heavy atom. The van der Waals surface area contributed by atoms with Gasteiger partial charge in [0, 0.05) is 0 Å². The largest absolute Gasteiger partial charge is 0.375 e.